The molecule has 0 amide bonds. The van der Waals surface area contributed by atoms with Gasteiger partial charge in [-0.2, -0.15) is 18.3 Å². The van der Waals surface area contributed by atoms with Gasteiger partial charge in [0.2, 0.25) is 5.28 Å². The lowest BCUT2D eigenvalue weighted by molar-refractivity contribution is -0.142. The van der Waals surface area contributed by atoms with Gasteiger partial charge in [-0.1, -0.05) is 0 Å². The molecule has 3 heterocycles. The zero-order valence-corrected chi connectivity index (χ0v) is 10.6. The molecule has 0 aliphatic carbocycles. The SMILES string of the molecule is FC(F)(F)Cn1cc(-c2cc3nccn3c(Cl)n2)cn1. The Labute approximate surface area is 115 Å². The summed E-state index contributed by atoms with van der Waals surface area (Å²) in [6, 6.07) is 1.63. The molecule has 3 rings (SSSR count). The number of nitrogens with zero attached hydrogens (tertiary/aromatic N) is 5. The monoisotopic (exact) mass is 301 g/mol. The molecule has 9 heteroatoms. The van der Waals surface area contributed by atoms with Gasteiger partial charge in [0.15, 0.2) is 0 Å². The predicted octanol–water partition coefficient (Wildman–Crippen LogP) is 2.81. The van der Waals surface area contributed by atoms with Crippen molar-refractivity contribution >= 4 is 17.2 Å². The molecule has 0 N–H and O–H groups in total. The quantitative estimate of drug-likeness (QED) is 0.684. The van der Waals surface area contributed by atoms with Crippen LogP contribution in [-0.2, 0) is 6.54 Å². The van der Waals surface area contributed by atoms with Crippen LogP contribution in [0, 0.1) is 0 Å². The van der Waals surface area contributed by atoms with E-state index in [1.165, 1.54) is 12.4 Å². The summed E-state index contributed by atoms with van der Waals surface area (Å²) < 4.78 is 39.2. The molecule has 0 aliphatic heterocycles. The van der Waals surface area contributed by atoms with Crippen molar-refractivity contribution in [3.63, 3.8) is 0 Å². The van der Waals surface area contributed by atoms with Gasteiger partial charge in [0, 0.05) is 30.2 Å². The van der Waals surface area contributed by atoms with Crippen molar-refractivity contribution in [1.29, 1.82) is 0 Å². The van der Waals surface area contributed by atoms with E-state index in [-0.39, 0.29) is 5.28 Å². The third-order valence-electron chi connectivity index (χ3n) is 2.62. The van der Waals surface area contributed by atoms with E-state index in [0.717, 1.165) is 4.68 Å². The molecule has 0 fully saturated rings. The van der Waals surface area contributed by atoms with Gasteiger partial charge in [-0.05, 0) is 11.6 Å². The summed E-state index contributed by atoms with van der Waals surface area (Å²) in [5.41, 5.74) is 1.42. The van der Waals surface area contributed by atoms with Gasteiger partial charge in [0.05, 0.1) is 11.9 Å². The van der Waals surface area contributed by atoms with Crippen molar-refractivity contribution < 1.29 is 13.2 Å². The van der Waals surface area contributed by atoms with Crippen LogP contribution in [0.2, 0.25) is 5.28 Å². The van der Waals surface area contributed by atoms with Crippen LogP contribution in [0.4, 0.5) is 13.2 Å². The van der Waals surface area contributed by atoms with Crippen molar-refractivity contribution in [1.82, 2.24) is 24.1 Å². The average Bonchev–Trinajstić information content (AvgIpc) is 2.95. The van der Waals surface area contributed by atoms with Crippen molar-refractivity contribution in [3.8, 4) is 11.3 Å². The Kier molecular flexibility index (Phi) is 2.89. The first kappa shape index (κ1) is 12.9. The van der Waals surface area contributed by atoms with E-state index >= 15 is 0 Å². The molecule has 5 nitrogen and oxygen atoms in total. The molecule has 0 saturated carbocycles. The maximum absolute atomic E-state index is 12.3. The molecular formula is C11H7ClF3N5. The van der Waals surface area contributed by atoms with Crippen molar-refractivity contribution in [3.05, 3.63) is 36.1 Å². The van der Waals surface area contributed by atoms with Crippen molar-refractivity contribution in [2.24, 2.45) is 0 Å². The summed E-state index contributed by atoms with van der Waals surface area (Å²) in [5.74, 6) is 0. The van der Waals surface area contributed by atoms with E-state index in [2.05, 4.69) is 15.1 Å². The molecule has 0 unspecified atom stereocenters. The van der Waals surface area contributed by atoms with Gasteiger partial charge in [-0.3, -0.25) is 9.08 Å². The lowest BCUT2D eigenvalue weighted by Gasteiger charge is -2.05. The van der Waals surface area contributed by atoms with Gasteiger partial charge in [0.1, 0.15) is 12.2 Å². The maximum atomic E-state index is 12.3. The second-order valence-corrected chi connectivity index (χ2v) is 4.45. The van der Waals surface area contributed by atoms with Gasteiger partial charge in [-0.15, -0.1) is 0 Å². The van der Waals surface area contributed by atoms with Crippen molar-refractivity contribution in [2.75, 3.05) is 0 Å². The fourth-order valence-corrected chi connectivity index (χ4v) is 2.03. The summed E-state index contributed by atoms with van der Waals surface area (Å²) >= 11 is 5.97. The Morgan fingerprint density at radius 1 is 1.30 bits per heavy atom. The first-order chi connectivity index (χ1) is 9.42. The number of fused-ring (bicyclic) bond motifs is 1. The Morgan fingerprint density at radius 2 is 2.10 bits per heavy atom. The zero-order chi connectivity index (χ0) is 14.3. The number of hydrogen-bond donors (Lipinski definition) is 0. The molecular weight excluding hydrogens is 295 g/mol. The summed E-state index contributed by atoms with van der Waals surface area (Å²) in [4.78, 5) is 8.17. The molecule has 104 valence electrons. The summed E-state index contributed by atoms with van der Waals surface area (Å²) in [5, 5.41) is 3.84. The second-order valence-electron chi connectivity index (χ2n) is 4.11. The smallest absolute Gasteiger partial charge is 0.274 e. The number of alkyl halides is 3. The van der Waals surface area contributed by atoms with Crippen molar-refractivity contribution in [2.45, 2.75) is 12.7 Å². The number of hydrogen-bond acceptors (Lipinski definition) is 3. The minimum absolute atomic E-state index is 0.179. The molecule has 0 radical (unpaired) electrons. The van der Waals surface area contributed by atoms with Gasteiger partial charge in [0.25, 0.3) is 0 Å². The third kappa shape index (κ3) is 2.46. The molecule has 3 aromatic rings. The minimum Gasteiger partial charge on any atom is -0.274 e. The Bertz CT molecular complexity index is 761. The molecule has 0 atom stereocenters. The van der Waals surface area contributed by atoms with Crippen LogP contribution >= 0.6 is 11.6 Å². The Hall–Kier alpha value is -2.09. The Balaban J connectivity index is 1.98. The highest BCUT2D eigenvalue weighted by Crippen LogP contribution is 2.23. The third-order valence-corrected chi connectivity index (χ3v) is 2.88. The fourth-order valence-electron chi connectivity index (χ4n) is 1.80. The van der Waals surface area contributed by atoms with Crippen LogP contribution in [0.1, 0.15) is 0 Å². The molecule has 0 bridgehead atoms. The second kappa shape index (κ2) is 4.48. The molecule has 0 aliphatic rings. The highest BCUT2D eigenvalue weighted by molar-refractivity contribution is 6.28. The summed E-state index contributed by atoms with van der Waals surface area (Å²) in [7, 11) is 0. The standard InChI is InChI=1S/C11H7ClF3N5/c12-10-18-8(3-9-16-1-2-20(9)10)7-4-17-19(5-7)6-11(13,14)15/h1-5H,6H2. The van der Waals surface area contributed by atoms with Crippen LogP contribution in [0.25, 0.3) is 16.9 Å². The molecule has 0 aromatic carbocycles. The normalized spacial score (nSPS) is 12.2. The molecule has 20 heavy (non-hydrogen) atoms. The Morgan fingerprint density at radius 3 is 2.85 bits per heavy atom. The van der Waals surface area contributed by atoms with E-state index in [0.29, 0.717) is 16.9 Å². The first-order valence-electron chi connectivity index (χ1n) is 5.51. The van der Waals surface area contributed by atoms with E-state index in [9.17, 15) is 13.2 Å². The largest absolute Gasteiger partial charge is 0.408 e. The van der Waals surface area contributed by atoms with Crippen LogP contribution in [0.3, 0.4) is 0 Å². The van der Waals surface area contributed by atoms with Gasteiger partial charge in [-0.25, -0.2) is 9.97 Å². The zero-order valence-electron chi connectivity index (χ0n) is 9.84. The van der Waals surface area contributed by atoms with Gasteiger partial charge >= 0.3 is 6.18 Å². The maximum Gasteiger partial charge on any atom is 0.408 e. The topological polar surface area (TPSA) is 48.0 Å². The van der Waals surface area contributed by atoms with Crippen LogP contribution in [0.15, 0.2) is 30.9 Å². The highest BCUT2D eigenvalue weighted by Gasteiger charge is 2.28. The number of imidazole rings is 1. The van der Waals surface area contributed by atoms with E-state index < -0.39 is 12.7 Å². The van der Waals surface area contributed by atoms with Crippen LogP contribution < -0.4 is 0 Å². The minimum atomic E-state index is -4.32. The van der Waals surface area contributed by atoms with E-state index in [1.807, 2.05) is 0 Å². The van der Waals surface area contributed by atoms with Gasteiger partial charge < -0.3 is 0 Å². The molecule has 0 spiro atoms. The predicted molar refractivity (Wildman–Crippen MR) is 65.3 cm³/mol. The average molecular weight is 302 g/mol. The van der Waals surface area contributed by atoms with E-state index in [4.69, 9.17) is 11.6 Å². The lowest BCUT2D eigenvalue weighted by atomic mass is 10.2. The summed E-state index contributed by atoms with van der Waals surface area (Å²) in [6.07, 6.45) is 1.46. The number of halogens is 4. The fraction of sp³-hybridized carbons (Fsp3) is 0.182. The molecule has 3 aromatic heterocycles. The summed E-state index contributed by atoms with van der Waals surface area (Å²) in [6.45, 7) is -1.15. The van der Waals surface area contributed by atoms with E-state index in [1.54, 1.807) is 22.9 Å². The highest BCUT2D eigenvalue weighted by atomic mass is 35.5. The first-order valence-corrected chi connectivity index (χ1v) is 5.89. The lowest BCUT2D eigenvalue weighted by Crippen LogP contribution is -2.17. The van der Waals surface area contributed by atoms with Crippen LogP contribution in [-0.4, -0.2) is 30.3 Å². The molecule has 0 saturated heterocycles. The van der Waals surface area contributed by atoms with Crippen LogP contribution in [0.5, 0.6) is 0 Å². The number of aromatic nitrogens is 5. The number of rotatable bonds is 2.